The molecule has 0 unspecified atom stereocenters. The van der Waals surface area contributed by atoms with Crippen molar-refractivity contribution in [3.63, 3.8) is 0 Å². The fourth-order valence-electron chi connectivity index (χ4n) is 2.74. The number of nitrogens with one attached hydrogen (secondary N) is 1. The van der Waals surface area contributed by atoms with E-state index in [1.165, 1.54) is 12.4 Å². The molecular formula is C15H12N4O2S. The number of benzene rings is 1. The van der Waals surface area contributed by atoms with Gasteiger partial charge >= 0.3 is 0 Å². The second-order valence-electron chi connectivity index (χ2n) is 5.07. The van der Waals surface area contributed by atoms with Crippen molar-refractivity contribution >= 4 is 29.4 Å². The minimum atomic E-state index is -0.501. The van der Waals surface area contributed by atoms with Gasteiger partial charge in [-0.15, -0.1) is 11.8 Å². The standard InChI is InChI=1S/C15H12N4O2S/c20-13-10-8-22-15(9-4-2-1-3-5-9)19(10)14(21)11-12(18-13)17-7-6-16-11/h1-7,10,15H,8H2,(H,17,18,20)/t10-,15+/m0/s1. The monoisotopic (exact) mass is 312 g/mol. The second kappa shape index (κ2) is 5.10. The van der Waals surface area contributed by atoms with E-state index in [1.807, 2.05) is 30.3 Å². The van der Waals surface area contributed by atoms with Gasteiger partial charge < -0.3 is 10.2 Å². The number of thioether (sulfide) groups is 1. The molecule has 2 atom stereocenters. The number of amides is 2. The summed E-state index contributed by atoms with van der Waals surface area (Å²) in [4.78, 5) is 35.0. The lowest BCUT2D eigenvalue weighted by Crippen LogP contribution is -2.43. The van der Waals surface area contributed by atoms with Crippen molar-refractivity contribution in [3.8, 4) is 0 Å². The molecular weight excluding hydrogens is 300 g/mol. The summed E-state index contributed by atoms with van der Waals surface area (Å²) >= 11 is 1.59. The first kappa shape index (κ1) is 13.3. The number of carbonyl (C=O) groups is 2. The van der Waals surface area contributed by atoms with Gasteiger partial charge in [-0.2, -0.15) is 0 Å². The molecule has 110 valence electrons. The lowest BCUT2D eigenvalue weighted by molar-refractivity contribution is -0.119. The second-order valence-corrected chi connectivity index (χ2v) is 6.18. The number of anilines is 1. The zero-order valence-electron chi connectivity index (χ0n) is 11.5. The maximum absolute atomic E-state index is 12.9. The summed E-state index contributed by atoms with van der Waals surface area (Å²) in [6.07, 6.45) is 2.93. The summed E-state index contributed by atoms with van der Waals surface area (Å²) in [5.41, 5.74) is 1.20. The van der Waals surface area contributed by atoms with Crippen molar-refractivity contribution in [1.29, 1.82) is 0 Å². The largest absolute Gasteiger partial charge is 0.308 e. The first-order chi connectivity index (χ1) is 10.8. The predicted molar refractivity (Wildman–Crippen MR) is 82.3 cm³/mol. The third-order valence-electron chi connectivity index (χ3n) is 3.76. The van der Waals surface area contributed by atoms with E-state index in [-0.39, 0.29) is 28.7 Å². The number of fused-ring (bicyclic) bond motifs is 2. The summed E-state index contributed by atoms with van der Waals surface area (Å²) in [5, 5.41) is 2.52. The number of hydrogen-bond donors (Lipinski definition) is 1. The van der Waals surface area contributed by atoms with Crippen LogP contribution < -0.4 is 5.32 Å². The quantitative estimate of drug-likeness (QED) is 0.867. The molecule has 6 nitrogen and oxygen atoms in total. The summed E-state index contributed by atoms with van der Waals surface area (Å²) in [6, 6.07) is 9.22. The van der Waals surface area contributed by atoms with E-state index in [2.05, 4.69) is 15.3 Å². The average Bonchev–Trinajstić information content (AvgIpc) is 2.96. The Morgan fingerprint density at radius 2 is 1.91 bits per heavy atom. The Labute approximate surface area is 130 Å². The van der Waals surface area contributed by atoms with Gasteiger partial charge in [-0.05, 0) is 5.56 Å². The Kier molecular flexibility index (Phi) is 3.07. The molecule has 0 bridgehead atoms. The van der Waals surface area contributed by atoms with Crippen LogP contribution >= 0.6 is 11.8 Å². The van der Waals surface area contributed by atoms with Gasteiger partial charge in [-0.3, -0.25) is 9.59 Å². The van der Waals surface area contributed by atoms with Gasteiger partial charge in [0.2, 0.25) is 5.91 Å². The molecule has 22 heavy (non-hydrogen) atoms. The highest BCUT2D eigenvalue weighted by molar-refractivity contribution is 7.99. The van der Waals surface area contributed by atoms with Crippen molar-refractivity contribution in [1.82, 2.24) is 14.9 Å². The molecule has 3 heterocycles. The molecule has 1 N–H and O–H groups in total. The minimum Gasteiger partial charge on any atom is -0.308 e. The van der Waals surface area contributed by atoms with E-state index < -0.39 is 6.04 Å². The third-order valence-corrected chi connectivity index (χ3v) is 5.09. The van der Waals surface area contributed by atoms with Crippen molar-refractivity contribution in [3.05, 3.63) is 54.0 Å². The average molecular weight is 312 g/mol. The highest BCUT2D eigenvalue weighted by Gasteiger charge is 2.45. The van der Waals surface area contributed by atoms with E-state index in [9.17, 15) is 9.59 Å². The fraction of sp³-hybridized carbons (Fsp3) is 0.200. The van der Waals surface area contributed by atoms with E-state index in [1.54, 1.807) is 16.7 Å². The summed E-state index contributed by atoms with van der Waals surface area (Å²) in [5.74, 6) is 0.332. The minimum absolute atomic E-state index is 0.183. The van der Waals surface area contributed by atoms with E-state index in [4.69, 9.17) is 0 Å². The van der Waals surface area contributed by atoms with Crippen LogP contribution in [0.3, 0.4) is 0 Å². The topological polar surface area (TPSA) is 75.2 Å². The van der Waals surface area contributed by atoms with Crippen LogP contribution in [0.15, 0.2) is 42.7 Å². The molecule has 4 rings (SSSR count). The van der Waals surface area contributed by atoms with Gasteiger partial charge in [0, 0.05) is 18.1 Å². The fourth-order valence-corrected chi connectivity index (χ4v) is 4.17. The molecule has 1 saturated heterocycles. The van der Waals surface area contributed by atoms with Gasteiger partial charge in [-0.25, -0.2) is 9.97 Å². The smallest absolute Gasteiger partial charge is 0.278 e. The van der Waals surface area contributed by atoms with E-state index in [0.717, 1.165) is 5.56 Å². The Morgan fingerprint density at radius 1 is 1.14 bits per heavy atom. The number of rotatable bonds is 1. The summed E-state index contributed by atoms with van der Waals surface area (Å²) < 4.78 is 0. The van der Waals surface area contributed by atoms with Crippen molar-refractivity contribution in [2.75, 3.05) is 11.1 Å². The Balaban J connectivity index is 1.80. The van der Waals surface area contributed by atoms with Gasteiger partial charge in [0.25, 0.3) is 5.91 Å². The molecule has 1 aromatic carbocycles. The highest BCUT2D eigenvalue weighted by atomic mass is 32.2. The molecule has 0 saturated carbocycles. The number of aromatic nitrogens is 2. The zero-order valence-corrected chi connectivity index (χ0v) is 12.3. The summed E-state index contributed by atoms with van der Waals surface area (Å²) in [7, 11) is 0. The van der Waals surface area contributed by atoms with Gasteiger partial charge in [0.15, 0.2) is 11.5 Å². The number of carbonyl (C=O) groups excluding carboxylic acids is 2. The SMILES string of the molecule is O=C1Nc2nccnc2C(=O)N2[C@@H](c3ccccc3)SC[C@@H]12. The molecule has 0 radical (unpaired) electrons. The Morgan fingerprint density at radius 3 is 2.73 bits per heavy atom. The van der Waals surface area contributed by atoms with E-state index >= 15 is 0 Å². The first-order valence-corrected chi connectivity index (χ1v) is 7.91. The van der Waals surface area contributed by atoms with Crippen molar-refractivity contribution in [2.24, 2.45) is 0 Å². The molecule has 0 aliphatic carbocycles. The molecule has 0 spiro atoms. The predicted octanol–water partition coefficient (Wildman–Crippen LogP) is 1.69. The molecule has 2 aliphatic rings. The van der Waals surface area contributed by atoms with E-state index in [0.29, 0.717) is 5.75 Å². The van der Waals surface area contributed by atoms with Crippen LogP contribution in [0.4, 0.5) is 5.82 Å². The maximum Gasteiger partial charge on any atom is 0.278 e. The Bertz CT molecular complexity index is 752. The van der Waals surface area contributed by atoms with Crippen LogP contribution in [-0.4, -0.2) is 38.5 Å². The van der Waals surface area contributed by atoms with Crippen molar-refractivity contribution < 1.29 is 9.59 Å². The molecule has 2 aromatic rings. The summed E-state index contributed by atoms with van der Waals surface area (Å²) in [6.45, 7) is 0. The third kappa shape index (κ3) is 1.97. The first-order valence-electron chi connectivity index (χ1n) is 6.87. The lowest BCUT2D eigenvalue weighted by atomic mass is 10.1. The van der Waals surface area contributed by atoms with Gasteiger partial charge in [0.05, 0.1) is 0 Å². The molecule has 1 aromatic heterocycles. The molecule has 1 fully saturated rings. The molecule has 2 amide bonds. The highest BCUT2D eigenvalue weighted by Crippen LogP contribution is 2.43. The van der Waals surface area contributed by atoms with Gasteiger partial charge in [-0.1, -0.05) is 30.3 Å². The lowest BCUT2D eigenvalue weighted by Gasteiger charge is -2.26. The van der Waals surface area contributed by atoms with Crippen LogP contribution in [-0.2, 0) is 4.79 Å². The van der Waals surface area contributed by atoms with Crippen LogP contribution in [0.1, 0.15) is 21.4 Å². The van der Waals surface area contributed by atoms with Crippen LogP contribution in [0.5, 0.6) is 0 Å². The van der Waals surface area contributed by atoms with Crippen LogP contribution in [0, 0.1) is 0 Å². The van der Waals surface area contributed by atoms with Crippen molar-refractivity contribution in [2.45, 2.75) is 11.4 Å². The number of nitrogens with zero attached hydrogens (tertiary/aromatic N) is 3. The Hall–Kier alpha value is -2.41. The van der Waals surface area contributed by atoms with Crippen LogP contribution in [0.2, 0.25) is 0 Å². The molecule has 7 heteroatoms. The van der Waals surface area contributed by atoms with Crippen LogP contribution in [0.25, 0.3) is 0 Å². The van der Waals surface area contributed by atoms with Gasteiger partial charge in [0.1, 0.15) is 11.4 Å². The molecule has 2 aliphatic heterocycles. The normalized spacial score (nSPS) is 23.5. The zero-order chi connectivity index (χ0) is 15.1. The maximum atomic E-state index is 12.9. The number of hydrogen-bond acceptors (Lipinski definition) is 5.